The summed E-state index contributed by atoms with van der Waals surface area (Å²) in [5.41, 5.74) is 1.90. The zero-order chi connectivity index (χ0) is 19.5. The summed E-state index contributed by atoms with van der Waals surface area (Å²) in [6, 6.07) is 17.5. The molecule has 0 radical (unpaired) electrons. The van der Waals surface area contributed by atoms with E-state index in [0.29, 0.717) is 25.7 Å². The summed E-state index contributed by atoms with van der Waals surface area (Å²) in [6.45, 7) is 5.58. The molecule has 0 aliphatic heterocycles. The van der Waals surface area contributed by atoms with Crippen LogP contribution in [-0.2, 0) is 11.3 Å². The third kappa shape index (κ3) is 8.60. The Bertz CT molecular complexity index is 734. The summed E-state index contributed by atoms with van der Waals surface area (Å²) in [5.74, 6) is 1.55. The van der Waals surface area contributed by atoms with Crippen molar-refractivity contribution in [3.05, 3.63) is 60.2 Å². The van der Waals surface area contributed by atoms with E-state index in [2.05, 4.69) is 20.9 Å². The topological polar surface area (TPSA) is 74.8 Å². The molecule has 2 aromatic rings. The molecule has 0 unspecified atom stereocenters. The summed E-state index contributed by atoms with van der Waals surface area (Å²) >= 11 is 0. The Morgan fingerprint density at radius 2 is 1.71 bits per heavy atom. The zero-order valence-corrected chi connectivity index (χ0v) is 18.9. The van der Waals surface area contributed by atoms with Gasteiger partial charge in [-0.2, -0.15) is 0 Å². The van der Waals surface area contributed by atoms with E-state index in [1.165, 1.54) is 0 Å². The number of hydrogen-bond acceptors (Lipinski definition) is 3. The molecule has 28 heavy (non-hydrogen) atoms. The number of ether oxygens (including phenoxy) is 1. The Labute approximate surface area is 184 Å². The first-order valence-corrected chi connectivity index (χ1v) is 9.10. The highest BCUT2D eigenvalue weighted by Gasteiger charge is 2.06. The third-order valence-electron chi connectivity index (χ3n) is 3.84. The number of anilines is 1. The number of guanidine groups is 1. The minimum absolute atomic E-state index is 0. The molecule has 0 heterocycles. The van der Waals surface area contributed by atoms with Crippen molar-refractivity contribution in [2.45, 2.75) is 20.4 Å². The van der Waals surface area contributed by atoms with Crippen molar-refractivity contribution >= 4 is 41.5 Å². The standard InChI is InChI=1S/C21H28N4O2.HI/c1-16(2)20(26)25-18-11-9-17(10-12-18)15-24-21(22-3)23-13-14-27-19-7-5-4-6-8-19;/h4-12,16H,13-15H2,1-3H3,(H,25,26)(H2,22,23,24);1H. The Kier molecular flexibility index (Phi) is 11.0. The van der Waals surface area contributed by atoms with Gasteiger partial charge in [0.2, 0.25) is 5.91 Å². The summed E-state index contributed by atoms with van der Waals surface area (Å²) in [4.78, 5) is 15.9. The number of aliphatic imine (C=N–C) groups is 1. The number of rotatable bonds is 8. The first-order chi connectivity index (χ1) is 13.1. The van der Waals surface area contributed by atoms with Crippen LogP contribution in [0.4, 0.5) is 5.69 Å². The van der Waals surface area contributed by atoms with Crippen LogP contribution in [0.25, 0.3) is 0 Å². The second-order valence-electron chi connectivity index (χ2n) is 6.35. The Hall–Kier alpha value is -2.29. The molecular weight excluding hydrogens is 467 g/mol. The van der Waals surface area contributed by atoms with Gasteiger partial charge in [-0.05, 0) is 29.8 Å². The number of carbonyl (C=O) groups excluding carboxylic acids is 1. The van der Waals surface area contributed by atoms with Gasteiger partial charge in [-0.25, -0.2) is 0 Å². The molecule has 0 aromatic heterocycles. The van der Waals surface area contributed by atoms with E-state index in [1.54, 1.807) is 7.05 Å². The van der Waals surface area contributed by atoms with Crippen LogP contribution in [0.15, 0.2) is 59.6 Å². The van der Waals surface area contributed by atoms with Crippen molar-refractivity contribution in [2.24, 2.45) is 10.9 Å². The van der Waals surface area contributed by atoms with Crippen LogP contribution in [0.5, 0.6) is 5.75 Å². The maximum Gasteiger partial charge on any atom is 0.226 e. The molecule has 6 nitrogen and oxygen atoms in total. The van der Waals surface area contributed by atoms with Crippen LogP contribution in [0, 0.1) is 5.92 Å². The number of para-hydroxylation sites is 1. The molecule has 0 fully saturated rings. The van der Waals surface area contributed by atoms with Gasteiger partial charge in [0.1, 0.15) is 12.4 Å². The van der Waals surface area contributed by atoms with Crippen LogP contribution in [0.1, 0.15) is 19.4 Å². The van der Waals surface area contributed by atoms with E-state index in [1.807, 2.05) is 68.4 Å². The highest BCUT2D eigenvalue weighted by atomic mass is 127. The third-order valence-corrected chi connectivity index (χ3v) is 3.84. The molecule has 3 N–H and O–H groups in total. The molecule has 0 bridgehead atoms. The van der Waals surface area contributed by atoms with Crippen LogP contribution in [0.3, 0.4) is 0 Å². The largest absolute Gasteiger partial charge is 0.492 e. The monoisotopic (exact) mass is 496 g/mol. The lowest BCUT2D eigenvalue weighted by Crippen LogP contribution is -2.38. The highest BCUT2D eigenvalue weighted by Crippen LogP contribution is 2.11. The minimum Gasteiger partial charge on any atom is -0.492 e. The maximum atomic E-state index is 11.7. The molecule has 0 saturated carbocycles. The quantitative estimate of drug-likeness (QED) is 0.226. The smallest absolute Gasteiger partial charge is 0.226 e. The van der Waals surface area contributed by atoms with Crippen molar-refractivity contribution in [3.63, 3.8) is 0 Å². The highest BCUT2D eigenvalue weighted by molar-refractivity contribution is 14.0. The average Bonchev–Trinajstić information content (AvgIpc) is 2.69. The SMILES string of the molecule is CN=C(NCCOc1ccccc1)NCc1ccc(NC(=O)C(C)C)cc1.I. The fourth-order valence-electron chi connectivity index (χ4n) is 2.25. The Morgan fingerprint density at radius 1 is 1.04 bits per heavy atom. The van der Waals surface area contributed by atoms with Gasteiger partial charge in [0.25, 0.3) is 0 Å². The van der Waals surface area contributed by atoms with Gasteiger partial charge in [0.15, 0.2) is 5.96 Å². The second kappa shape index (κ2) is 13.0. The molecule has 0 spiro atoms. The van der Waals surface area contributed by atoms with Gasteiger partial charge in [-0.15, -0.1) is 24.0 Å². The van der Waals surface area contributed by atoms with Crippen molar-refractivity contribution in [1.82, 2.24) is 10.6 Å². The van der Waals surface area contributed by atoms with Crippen molar-refractivity contribution in [3.8, 4) is 5.75 Å². The van der Waals surface area contributed by atoms with Crippen molar-refractivity contribution in [1.29, 1.82) is 0 Å². The first-order valence-electron chi connectivity index (χ1n) is 9.10. The zero-order valence-electron chi connectivity index (χ0n) is 16.6. The van der Waals surface area contributed by atoms with Gasteiger partial charge in [0.05, 0.1) is 6.54 Å². The van der Waals surface area contributed by atoms with Crippen LogP contribution >= 0.6 is 24.0 Å². The fraction of sp³-hybridized carbons (Fsp3) is 0.333. The van der Waals surface area contributed by atoms with E-state index < -0.39 is 0 Å². The lowest BCUT2D eigenvalue weighted by atomic mass is 10.1. The number of hydrogen-bond donors (Lipinski definition) is 3. The Morgan fingerprint density at radius 3 is 2.32 bits per heavy atom. The van der Waals surface area contributed by atoms with E-state index in [9.17, 15) is 4.79 Å². The average molecular weight is 496 g/mol. The predicted molar refractivity (Wildman–Crippen MR) is 125 cm³/mol. The molecule has 152 valence electrons. The van der Waals surface area contributed by atoms with Gasteiger partial charge in [-0.1, -0.05) is 44.2 Å². The fourth-order valence-corrected chi connectivity index (χ4v) is 2.25. The molecule has 2 rings (SSSR count). The van der Waals surface area contributed by atoms with E-state index in [-0.39, 0.29) is 35.8 Å². The molecule has 0 aliphatic carbocycles. The molecule has 1 amide bonds. The minimum atomic E-state index is -0.0355. The van der Waals surface area contributed by atoms with Crippen molar-refractivity contribution < 1.29 is 9.53 Å². The van der Waals surface area contributed by atoms with Gasteiger partial charge >= 0.3 is 0 Å². The molecule has 2 aromatic carbocycles. The summed E-state index contributed by atoms with van der Waals surface area (Å²) in [7, 11) is 1.73. The first kappa shape index (κ1) is 23.7. The van der Waals surface area contributed by atoms with E-state index in [0.717, 1.165) is 17.0 Å². The van der Waals surface area contributed by atoms with Crippen LogP contribution in [-0.4, -0.2) is 32.1 Å². The number of nitrogens with one attached hydrogen (secondary N) is 3. The van der Waals surface area contributed by atoms with E-state index >= 15 is 0 Å². The van der Waals surface area contributed by atoms with Gasteiger partial charge in [0, 0.05) is 25.2 Å². The van der Waals surface area contributed by atoms with E-state index in [4.69, 9.17) is 4.74 Å². The lowest BCUT2D eigenvalue weighted by molar-refractivity contribution is -0.118. The van der Waals surface area contributed by atoms with Gasteiger partial charge in [-0.3, -0.25) is 9.79 Å². The van der Waals surface area contributed by atoms with Crippen LogP contribution in [0.2, 0.25) is 0 Å². The number of benzene rings is 2. The summed E-state index contributed by atoms with van der Waals surface area (Å²) < 4.78 is 5.65. The number of carbonyl (C=O) groups is 1. The summed E-state index contributed by atoms with van der Waals surface area (Å²) in [6.07, 6.45) is 0. The van der Waals surface area contributed by atoms with Crippen LogP contribution < -0.4 is 20.7 Å². The normalized spacial score (nSPS) is 10.8. The Balaban J connectivity index is 0.00000392. The molecule has 0 atom stereocenters. The number of amides is 1. The molecule has 7 heteroatoms. The number of halogens is 1. The molecule has 0 saturated heterocycles. The summed E-state index contributed by atoms with van der Waals surface area (Å²) in [5, 5.41) is 9.36. The maximum absolute atomic E-state index is 11.7. The second-order valence-corrected chi connectivity index (χ2v) is 6.35. The van der Waals surface area contributed by atoms with Crippen molar-refractivity contribution in [2.75, 3.05) is 25.5 Å². The lowest BCUT2D eigenvalue weighted by Gasteiger charge is -2.13. The molecular formula is C21H29IN4O2. The predicted octanol–water partition coefficient (Wildman–Crippen LogP) is 3.64. The van der Waals surface area contributed by atoms with Gasteiger partial charge < -0.3 is 20.7 Å². The number of nitrogens with zero attached hydrogens (tertiary/aromatic N) is 1. The molecule has 0 aliphatic rings.